The first-order chi connectivity index (χ1) is 9.97. The summed E-state index contributed by atoms with van der Waals surface area (Å²) in [6.45, 7) is 8.93. The zero-order valence-corrected chi connectivity index (χ0v) is 13.0. The third-order valence-electron chi connectivity index (χ3n) is 3.75. The largest absolute Gasteiger partial charge is 0.355 e. The molecule has 2 heterocycles. The summed E-state index contributed by atoms with van der Waals surface area (Å²) in [7, 11) is 0. The SMILES string of the molecule is Cc1nc(N(CC(C)C)CC2CCCN2)ccc1[N+](=O)[O-]. The molecule has 116 valence electrons. The molecule has 21 heavy (non-hydrogen) atoms. The van der Waals surface area contributed by atoms with Gasteiger partial charge < -0.3 is 10.2 Å². The average Bonchev–Trinajstić information content (AvgIpc) is 2.89. The van der Waals surface area contributed by atoms with E-state index in [1.54, 1.807) is 19.1 Å². The van der Waals surface area contributed by atoms with Gasteiger partial charge in [-0.25, -0.2) is 4.98 Å². The highest BCUT2D eigenvalue weighted by molar-refractivity contribution is 5.47. The Morgan fingerprint density at radius 3 is 2.81 bits per heavy atom. The summed E-state index contributed by atoms with van der Waals surface area (Å²) in [5, 5.41) is 14.4. The summed E-state index contributed by atoms with van der Waals surface area (Å²) in [6, 6.07) is 3.82. The van der Waals surface area contributed by atoms with Crippen LogP contribution in [0, 0.1) is 23.0 Å². The van der Waals surface area contributed by atoms with E-state index >= 15 is 0 Å². The fourth-order valence-electron chi connectivity index (χ4n) is 2.79. The molecule has 1 aliphatic rings. The molecule has 0 saturated carbocycles. The van der Waals surface area contributed by atoms with E-state index in [0.717, 1.165) is 25.5 Å². The van der Waals surface area contributed by atoms with Crippen molar-refractivity contribution in [2.24, 2.45) is 5.92 Å². The predicted octanol–water partition coefficient (Wildman–Crippen LogP) is 2.51. The molecule has 1 aliphatic heterocycles. The van der Waals surface area contributed by atoms with Crippen molar-refractivity contribution in [2.45, 2.75) is 39.7 Å². The van der Waals surface area contributed by atoms with Crippen molar-refractivity contribution in [3.8, 4) is 0 Å². The predicted molar refractivity (Wildman–Crippen MR) is 83.7 cm³/mol. The fourth-order valence-corrected chi connectivity index (χ4v) is 2.79. The van der Waals surface area contributed by atoms with Gasteiger partial charge in [0.25, 0.3) is 5.69 Å². The Hall–Kier alpha value is -1.69. The second-order valence-electron chi connectivity index (χ2n) is 6.12. The number of nitrogens with zero attached hydrogens (tertiary/aromatic N) is 3. The van der Waals surface area contributed by atoms with Gasteiger partial charge in [0.1, 0.15) is 11.5 Å². The van der Waals surface area contributed by atoms with Crippen LogP contribution in [0.3, 0.4) is 0 Å². The van der Waals surface area contributed by atoms with E-state index < -0.39 is 0 Å². The fraction of sp³-hybridized carbons (Fsp3) is 0.667. The second-order valence-corrected chi connectivity index (χ2v) is 6.12. The van der Waals surface area contributed by atoms with Crippen LogP contribution in [-0.4, -0.2) is 35.6 Å². The van der Waals surface area contributed by atoms with Gasteiger partial charge in [-0.3, -0.25) is 10.1 Å². The van der Waals surface area contributed by atoms with Crippen LogP contribution in [0.15, 0.2) is 12.1 Å². The lowest BCUT2D eigenvalue weighted by atomic mass is 10.1. The van der Waals surface area contributed by atoms with E-state index in [0.29, 0.717) is 17.7 Å². The molecule has 1 aromatic rings. The minimum atomic E-state index is -0.378. The third-order valence-corrected chi connectivity index (χ3v) is 3.75. The Labute approximate surface area is 125 Å². The molecule has 6 nitrogen and oxygen atoms in total. The number of nitro groups is 1. The van der Waals surface area contributed by atoms with Crippen LogP contribution in [0.1, 0.15) is 32.4 Å². The van der Waals surface area contributed by atoms with Crippen molar-refractivity contribution >= 4 is 11.5 Å². The maximum Gasteiger partial charge on any atom is 0.290 e. The third kappa shape index (κ3) is 4.14. The number of aromatic nitrogens is 1. The highest BCUT2D eigenvalue weighted by Gasteiger charge is 2.21. The Morgan fingerprint density at radius 1 is 1.52 bits per heavy atom. The molecule has 0 radical (unpaired) electrons. The lowest BCUT2D eigenvalue weighted by Gasteiger charge is -2.28. The second kappa shape index (κ2) is 6.85. The highest BCUT2D eigenvalue weighted by atomic mass is 16.6. The first-order valence-electron chi connectivity index (χ1n) is 7.57. The summed E-state index contributed by atoms with van der Waals surface area (Å²) in [5.74, 6) is 1.35. The van der Waals surface area contributed by atoms with Crippen LogP contribution in [0.25, 0.3) is 0 Å². The Balaban J connectivity index is 2.18. The molecule has 1 unspecified atom stereocenters. The lowest BCUT2D eigenvalue weighted by Crippen LogP contribution is -2.40. The normalized spacial score (nSPS) is 18.2. The number of aryl methyl sites for hydroxylation is 1. The summed E-state index contributed by atoms with van der Waals surface area (Å²) in [5.41, 5.74) is 0.563. The number of pyridine rings is 1. The van der Waals surface area contributed by atoms with Crippen LogP contribution < -0.4 is 10.2 Å². The van der Waals surface area contributed by atoms with E-state index in [1.165, 1.54) is 12.8 Å². The number of hydrogen-bond donors (Lipinski definition) is 1. The van der Waals surface area contributed by atoms with Crippen LogP contribution in [0.4, 0.5) is 11.5 Å². The number of rotatable bonds is 6. The monoisotopic (exact) mass is 292 g/mol. The van der Waals surface area contributed by atoms with E-state index in [-0.39, 0.29) is 10.6 Å². The number of hydrogen-bond acceptors (Lipinski definition) is 5. The van der Waals surface area contributed by atoms with Crippen molar-refractivity contribution in [1.29, 1.82) is 0 Å². The Bertz CT molecular complexity index is 498. The van der Waals surface area contributed by atoms with Gasteiger partial charge in [-0.1, -0.05) is 13.8 Å². The van der Waals surface area contributed by atoms with Crippen molar-refractivity contribution in [2.75, 3.05) is 24.5 Å². The molecule has 0 amide bonds. The maximum atomic E-state index is 10.9. The molecule has 1 fully saturated rings. The Kier molecular flexibility index (Phi) is 5.12. The molecule has 0 aliphatic carbocycles. The summed E-state index contributed by atoms with van der Waals surface area (Å²) in [4.78, 5) is 17.2. The molecule has 6 heteroatoms. The molecular weight excluding hydrogens is 268 g/mol. The van der Waals surface area contributed by atoms with Crippen molar-refractivity contribution < 1.29 is 4.92 Å². The molecule has 1 saturated heterocycles. The van der Waals surface area contributed by atoms with E-state index in [1.807, 2.05) is 0 Å². The van der Waals surface area contributed by atoms with Gasteiger partial charge in [-0.05, 0) is 38.3 Å². The minimum Gasteiger partial charge on any atom is -0.355 e. The summed E-state index contributed by atoms with van der Waals surface area (Å²) in [6.07, 6.45) is 2.40. The van der Waals surface area contributed by atoms with E-state index in [4.69, 9.17) is 0 Å². The summed E-state index contributed by atoms with van der Waals surface area (Å²) >= 11 is 0. The standard InChI is InChI=1S/C15H24N4O2/c1-11(2)9-18(10-13-5-4-8-16-13)15-7-6-14(19(20)21)12(3)17-15/h6-7,11,13,16H,4-5,8-10H2,1-3H3. The number of anilines is 1. The van der Waals surface area contributed by atoms with Crippen LogP contribution in [-0.2, 0) is 0 Å². The van der Waals surface area contributed by atoms with Gasteiger partial charge >= 0.3 is 0 Å². The molecule has 1 atom stereocenters. The molecule has 2 rings (SSSR count). The zero-order valence-electron chi connectivity index (χ0n) is 13.0. The molecule has 1 N–H and O–H groups in total. The first kappa shape index (κ1) is 15.7. The molecular formula is C15H24N4O2. The van der Waals surface area contributed by atoms with Crippen molar-refractivity contribution in [3.05, 3.63) is 27.9 Å². The van der Waals surface area contributed by atoms with Crippen molar-refractivity contribution in [1.82, 2.24) is 10.3 Å². The summed E-state index contributed by atoms with van der Waals surface area (Å²) < 4.78 is 0. The van der Waals surface area contributed by atoms with Crippen LogP contribution >= 0.6 is 0 Å². The first-order valence-corrected chi connectivity index (χ1v) is 7.57. The van der Waals surface area contributed by atoms with E-state index in [2.05, 4.69) is 29.0 Å². The molecule has 0 aromatic carbocycles. The Morgan fingerprint density at radius 2 is 2.29 bits per heavy atom. The smallest absolute Gasteiger partial charge is 0.290 e. The van der Waals surface area contributed by atoms with Crippen molar-refractivity contribution in [3.63, 3.8) is 0 Å². The molecule has 0 bridgehead atoms. The van der Waals surface area contributed by atoms with Gasteiger partial charge in [0.15, 0.2) is 0 Å². The number of nitrogens with one attached hydrogen (secondary N) is 1. The minimum absolute atomic E-state index is 0.0854. The van der Waals surface area contributed by atoms with Crippen LogP contribution in [0.5, 0.6) is 0 Å². The van der Waals surface area contributed by atoms with E-state index in [9.17, 15) is 10.1 Å². The topological polar surface area (TPSA) is 71.3 Å². The molecule has 0 spiro atoms. The lowest BCUT2D eigenvalue weighted by molar-refractivity contribution is -0.385. The van der Waals surface area contributed by atoms with Gasteiger partial charge in [0, 0.05) is 25.2 Å². The quantitative estimate of drug-likeness (QED) is 0.644. The van der Waals surface area contributed by atoms with Crippen LogP contribution in [0.2, 0.25) is 0 Å². The van der Waals surface area contributed by atoms with Gasteiger partial charge in [0.05, 0.1) is 4.92 Å². The molecule has 1 aromatic heterocycles. The van der Waals surface area contributed by atoms with Gasteiger partial charge in [0.2, 0.25) is 0 Å². The highest BCUT2D eigenvalue weighted by Crippen LogP contribution is 2.22. The zero-order chi connectivity index (χ0) is 15.4. The maximum absolute atomic E-state index is 10.9. The van der Waals surface area contributed by atoms with Gasteiger partial charge in [-0.15, -0.1) is 0 Å². The average molecular weight is 292 g/mol. The van der Waals surface area contributed by atoms with Gasteiger partial charge in [-0.2, -0.15) is 0 Å².